The van der Waals surface area contributed by atoms with E-state index < -0.39 is 17.7 Å². The molecule has 2 aromatic carbocycles. The van der Waals surface area contributed by atoms with E-state index in [0.717, 1.165) is 12.3 Å². The van der Waals surface area contributed by atoms with Crippen LogP contribution in [-0.4, -0.2) is 26.7 Å². The molecule has 4 rings (SSSR count). The minimum atomic E-state index is -4.46. The molecule has 5 nitrogen and oxygen atoms in total. The summed E-state index contributed by atoms with van der Waals surface area (Å²) in [6, 6.07) is 14.8. The number of aromatic nitrogens is 2. The molecule has 0 amide bonds. The highest BCUT2D eigenvalue weighted by atomic mass is 19.4. The maximum atomic E-state index is 12.9. The van der Waals surface area contributed by atoms with Gasteiger partial charge < -0.3 is 14.4 Å². The van der Waals surface area contributed by atoms with Gasteiger partial charge in [-0.2, -0.15) is 13.2 Å². The average Bonchev–Trinajstić information content (AvgIpc) is 3.12. The van der Waals surface area contributed by atoms with Crippen LogP contribution in [0.15, 0.2) is 60.8 Å². The molecule has 0 unspecified atom stereocenters. The van der Waals surface area contributed by atoms with Gasteiger partial charge in [0.05, 0.1) is 22.9 Å². The van der Waals surface area contributed by atoms with Crippen LogP contribution >= 0.6 is 0 Å². The van der Waals surface area contributed by atoms with Gasteiger partial charge in [-0.15, -0.1) is 0 Å². The van der Waals surface area contributed by atoms with E-state index in [0.29, 0.717) is 45.6 Å². The molecule has 0 spiro atoms. The van der Waals surface area contributed by atoms with Crippen LogP contribution in [0.3, 0.4) is 0 Å². The Balaban J connectivity index is 1.86. The molecular formula is C26H23F3N2O3. The molecule has 0 atom stereocenters. The van der Waals surface area contributed by atoms with Gasteiger partial charge in [0.15, 0.2) is 0 Å². The monoisotopic (exact) mass is 468 g/mol. The lowest BCUT2D eigenvalue weighted by Gasteiger charge is -2.12. The molecule has 34 heavy (non-hydrogen) atoms. The van der Waals surface area contributed by atoms with Crippen molar-refractivity contribution in [2.45, 2.75) is 39.5 Å². The fourth-order valence-electron chi connectivity index (χ4n) is 4.04. The summed E-state index contributed by atoms with van der Waals surface area (Å²) in [7, 11) is 0. The van der Waals surface area contributed by atoms with Crippen molar-refractivity contribution in [3.8, 4) is 22.7 Å². The summed E-state index contributed by atoms with van der Waals surface area (Å²) in [6.07, 6.45) is -3.19. The summed E-state index contributed by atoms with van der Waals surface area (Å²) in [5, 5.41) is 10.8. The van der Waals surface area contributed by atoms with Crippen LogP contribution in [0.5, 0.6) is 5.75 Å². The molecule has 0 aliphatic heterocycles. The number of hydrogen-bond acceptors (Lipinski definition) is 3. The molecule has 0 aliphatic rings. The molecule has 2 aromatic heterocycles. The van der Waals surface area contributed by atoms with Gasteiger partial charge in [0.25, 0.3) is 0 Å². The van der Waals surface area contributed by atoms with Crippen molar-refractivity contribution in [1.29, 1.82) is 0 Å². The maximum absolute atomic E-state index is 12.9. The lowest BCUT2D eigenvalue weighted by molar-refractivity contribution is -0.137. The summed E-state index contributed by atoms with van der Waals surface area (Å²) >= 11 is 0. The highest BCUT2D eigenvalue weighted by Gasteiger charge is 2.30. The van der Waals surface area contributed by atoms with Crippen LogP contribution in [-0.2, 0) is 12.6 Å². The lowest BCUT2D eigenvalue weighted by Crippen LogP contribution is -2.09. The van der Waals surface area contributed by atoms with E-state index in [2.05, 4.69) is 4.98 Å². The summed E-state index contributed by atoms with van der Waals surface area (Å²) in [5.41, 5.74) is 2.28. The predicted octanol–water partition coefficient (Wildman–Crippen LogP) is 6.76. The zero-order valence-corrected chi connectivity index (χ0v) is 18.8. The van der Waals surface area contributed by atoms with Crippen molar-refractivity contribution in [1.82, 2.24) is 9.55 Å². The molecular weight excluding hydrogens is 445 g/mol. The first-order valence-corrected chi connectivity index (χ1v) is 10.8. The molecule has 0 saturated carbocycles. The maximum Gasteiger partial charge on any atom is 0.417 e. The number of alkyl halides is 3. The summed E-state index contributed by atoms with van der Waals surface area (Å²) in [6.45, 7) is 5.72. The highest BCUT2D eigenvalue weighted by molar-refractivity contribution is 6.01. The first-order valence-electron chi connectivity index (χ1n) is 10.8. The molecule has 0 saturated heterocycles. The van der Waals surface area contributed by atoms with Gasteiger partial charge in [-0.3, -0.25) is 4.98 Å². The van der Waals surface area contributed by atoms with E-state index in [1.807, 2.05) is 20.8 Å². The zero-order valence-electron chi connectivity index (χ0n) is 18.8. The van der Waals surface area contributed by atoms with Gasteiger partial charge in [-0.05, 0) is 74.4 Å². The molecule has 8 heteroatoms. The molecule has 2 heterocycles. The minimum Gasteiger partial charge on any atom is -0.491 e. The second kappa shape index (κ2) is 8.85. The highest BCUT2D eigenvalue weighted by Crippen LogP contribution is 2.35. The number of halogens is 3. The summed E-state index contributed by atoms with van der Waals surface area (Å²) < 4.78 is 46.0. The molecule has 0 fully saturated rings. The smallest absolute Gasteiger partial charge is 0.417 e. The number of benzene rings is 2. The Morgan fingerprint density at radius 3 is 2.32 bits per heavy atom. The van der Waals surface area contributed by atoms with Crippen molar-refractivity contribution < 1.29 is 27.8 Å². The lowest BCUT2D eigenvalue weighted by atomic mass is 10.0. The first-order chi connectivity index (χ1) is 16.1. The van der Waals surface area contributed by atoms with Crippen LogP contribution in [0.25, 0.3) is 27.8 Å². The Bertz CT molecular complexity index is 1340. The molecule has 0 aliphatic carbocycles. The second-order valence-electron chi connectivity index (χ2n) is 8.14. The van der Waals surface area contributed by atoms with Crippen LogP contribution in [0.1, 0.15) is 42.4 Å². The Morgan fingerprint density at radius 1 is 1.09 bits per heavy atom. The van der Waals surface area contributed by atoms with E-state index in [1.54, 1.807) is 47.0 Å². The van der Waals surface area contributed by atoms with Crippen LogP contribution < -0.4 is 4.74 Å². The Hall–Kier alpha value is -3.81. The van der Waals surface area contributed by atoms with Gasteiger partial charge in [0, 0.05) is 22.8 Å². The quantitative estimate of drug-likeness (QED) is 0.340. The Labute approximate surface area is 194 Å². The minimum absolute atomic E-state index is 0.0109. The van der Waals surface area contributed by atoms with Crippen LogP contribution in [0.2, 0.25) is 0 Å². The molecule has 0 radical (unpaired) electrons. The Kier molecular flexibility index (Phi) is 6.08. The van der Waals surface area contributed by atoms with Crippen LogP contribution in [0.4, 0.5) is 13.2 Å². The van der Waals surface area contributed by atoms with Crippen molar-refractivity contribution in [3.63, 3.8) is 0 Å². The normalized spacial score (nSPS) is 11.9. The van der Waals surface area contributed by atoms with E-state index in [4.69, 9.17) is 4.74 Å². The number of aryl methyl sites for hydroxylation is 1. The number of nitrogens with zero attached hydrogens (tertiary/aromatic N) is 2. The van der Waals surface area contributed by atoms with Gasteiger partial charge in [0.2, 0.25) is 0 Å². The van der Waals surface area contributed by atoms with E-state index in [-0.39, 0.29) is 11.8 Å². The van der Waals surface area contributed by atoms with Crippen molar-refractivity contribution in [2.75, 3.05) is 0 Å². The van der Waals surface area contributed by atoms with Gasteiger partial charge in [0.1, 0.15) is 11.4 Å². The second-order valence-corrected chi connectivity index (χ2v) is 8.14. The first kappa shape index (κ1) is 23.4. The summed E-state index contributed by atoms with van der Waals surface area (Å²) in [5.74, 6) is -0.386. The molecule has 0 bridgehead atoms. The number of rotatable bonds is 6. The van der Waals surface area contributed by atoms with Gasteiger partial charge in [-0.25, -0.2) is 4.79 Å². The number of carboxylic acid groups (broad SMARTS) is 1. The van der Waals surface area contributed by atoms with Gasteiger partial charge in [-0.1, -0.05) is 13.0 Å². The third-order valence-electron chi connectivity index (χ3n) is 5.48. The van der Waals surface area contributed by atoms with Gasteiger partial charge >= 0.3 is 12.1 Å². The van der Waals surface area contributed by atoms with E-state index in [9.17, 15) is 23.1 Å². The standard InChI is InChI=1S/C26H23F3N2O3/c1-4-20-21-13-16(22-11-6-17(14-30-22)26(27,28)29)5-12-23(21)31(24(20)25(32)33)18-7-9-19(10-8-18)34-15(2)3/h5-15H,4H2,1-3H3,(H,32,33). The molecule has 176 valence electrons. The van der Waals surface area contributed by atoms with E-state index in [1.165, 1.54) is 6.07 Å². The van der Waals surface area contributed by atoms with E-state index >= 15 is 0 Å². The zero-order chi connectivity index (χ0) is 24.6. The molecule has 4 aromatic rings. The number of pyridine rings is 1. The number of aromatic carboxylic acids is 1. The van der Waals surface area contributed by atoms with Crippen molar-refractivity contribution in [2.24, 2.45) is 0 Å². The topological polar surface area (TPSA) is 64.3 Å². The fourth-order valence-corrected chi connectivity index (χ4v) is 4.04. The number of fused-ring (bicyclic) bond motifs is 1. The SMILES string of the molecule is CCc1c(C(=O)O)n(-c2ccc(OC(C)C)cc2)c2ccc(-c3ccc(C(F)(F)F)cn3)cc12. The number of ether oxygens (including phenoxy) is 1. The Morgan fingerprint density at radius 2 is 1.79 bits per heavy atom. The molecule has 1 N–H and O–H groups in total. The van der Waals surface area contributed by atoms with Crippen molar-refractivity contribution >= 4 is 16.9 Å². The fraction of sp³-hybridized carbons (Fsp3) is 0.231. The number of carbonyl (C=O) groups is 1. The third-order valence-corrected chi connectivity index (χ3v) is 5.48. The average molecular weight is 468 g/mol. The summed E-state index contributed by atoms with van der Waals surface area (Å²) in [4.78, 5) is 16.3. The van der Waals surface area contributed by atoms with Crippen molar-refractivity contribution in [3.05, 3.63) is 77.6 Å². The van der Waals surface area contributed by atoms with Crippen LogP contribution in [0, 0.1) is 0 Å². The number of carboxylic acids is 1. The number of hydrogen-bond donors (Lipinski definition) is 1. The predicted molar refractivity (Wildman–Crippen MR) is 124 cm³/mol. The largest absolute Gasteiger partial charge is 0.491 e. The third kappa shape index (κ3) is 4.35.